The first-order valence-electron chi connectivity index (χ1n) is 10.1. The highest BCUT2D eigenvalue weighted by molar-refractivity contribution is 7.00. The van der Waals surface area contributed by atoms with E-state index in [9.17, 15) is 0 Å². The lowest BCUT2D eigenvalue weighted by Crippen LogP contribution is -2.74. The van der Waals surface area contributed by atoms with Crippen molar-refractivity contribution in [3.05, 3.63) is 85.2 Å². The quantitative estimate of drug-likeness (QED) is 0.465. The van der Waals surface area contributed by atoms with E-state index in [0.717, 1.165) is 44.6 Å². The van der Waals surface area contributed by atoms with Gasteiger partial charge in [-0.3, -0.25) is 0 Å². The van der Waals surface area contributed by atoms with Crippen molar-refractivity contribution in [1.29, 1.82) is 0 Å². The molecule has 7 rings (SSSR count). The van der Waals surface area contributed by atoms with E-state index in [1.807, 2.05) is 42.5 Å². The van der Waals surface area contributed by atoms with Crippen LogP contribution in [0, 0.1) is 0 Å². The molecule has 0 saturated carbocycles. The Morgan fingerprint density at radius 3 is 1.77 bits per heavy atom. The Labute approximate surface area is 175 Å². The van der Waals surface area contributed by atoms with Gasteiger partial charge in [-0.2, -0.15) is 0 Å². The molecule has 0 amide bonds. The lowest BCUT2D eigenvalue weighted by molar-refractivity contribution is 0.437. The summed E-state index contributed by atoms with van der Waals surface area (Å²) in [5, 5.41) is 0. The number of benzene rings is 3. The van der Waals surface area contributed by atoms with E-state index in [2.05, 4.69) is 51.1 Å². The fraction of sp³-hybridized carbons (Fsp3) is 0. The van der Waals surface area contributed by atoms with E-state index in [1.165, 1.54) is 0 Å². The van der Waals surface area contributed by atoms with Crippen LogP contribution in [0.4, 0.5) is 5.69 Å². The van der Waals surface area contributed by atoms with Gasteiger partial charge in [-0.05, 0) is 16.4 Å². The van der Waals surface area contributed by atoms with Crippen LogP contribution in [0.15, 0.2) is 85.2 Å². The van der Waals surface area contributed by atoms with Gasteiger partial charge in [0.2, 0.25) is 0 Å². The van der Waals surface area contributed by atoms with Gasteiger partial charge in [0.1, 0.15) is 6.33 Å². The summed E-state index contributed by atoms with van der Waals surface area (Å²) in [6.07, 6.45) is 1.65. The first-order valence-corrected chi connectivity index (χ1v) is 10.1. The predicted octanol–water partition coefficient (Wildman–Crippen LogP) is 1.48. The first kappa shape index (κ1) is 16.5. The summed E-state index contributed by atoms with van der Waals surface area (Å²) in [6.45, 7) is 0. The minimum Gasteiger partial charge on any atom is -0.450 e. The second-order valence-electron chi connectivity index (χ2n) is 7.72. The first-order chi connectivity index (χ1) is 14.9. The molecule has 4 heterocycles. The fourth-order valence-electron chi connectivity index (χ4n) is 4.84. The minimum atomic E-state index is -0.466. The summed E-state index contributed by atoms with van der Waals surface area (Å²) >= 11 is 0. The number of hydrogen-bond donors (Lipinski definition) is 0. The summed E-state index contributed by atoms with van der Waals surface area (Å²) in [4.78, 5) is 9.33. The van der Waals surface area contributed by atoms with Crippen LogP contribution in [-0.2, 0) is 9.14 Å². The lowest BCUT2D eigenvalue weighted by atomic mass is 9.47. The molecule has 30 heavy (non-hydrogen) atoms. The van der Waals surface area contributed by atoms with Gasteiger partial charge < -0.3 is 13.9 Å². The molecular formula is C22H14B3N3O2. The molecule has 3 aromatic carbocycles. The standard InChI is InChI=1S/C22H14B3N3O2/c1-2-8-15(9-3-1)25-29-23-18-12-6-4-10-16(18)20-22-21(27-14-26-20)17-11-5-7-13-19(17)24(30-25)28(22)23/h1-14H. The molecular weight excluding hydrogens is 371 g/mol. The molecule has 1 fully saturated rings. The number of anilines is 1. The summed E-state index contributed by atoms with van der Waals surface area (Å²) in [7, 11) is -1.03. The lowest BCUT2D eigenvalue weighted by Gasteiger charge is -2.48. The Kier molecular flexibility index (Phi) is 3.33. The molecule has 3 aliphatic rings. The van der Waals surface area contributed by atoms with Crippen LogP contribution in [-0.4, -0.2) is 31.2 Å². The van der Waals surface area contributed by atoms with Crippen molar-refractivity contribution in [2.24, 2.45) is 0 Å². The van der Waals surface area contributed by atoms with Gasteiger partial charge in [0.15, 0.2) is 0 Å². The zero-order valence-corrected chi connectivity index (χ0v) is 16.0. The number of aromatic nitrogens is 2. The molecule has 5 nitrogen and oxygen atoms in total. The van der Waals surface area contributed by atoms with Crippen molar-refractivity contribution in [2.75, 3.05) is 4.72 Å². The van der Waals surface area contributed by atoms with Crippen LogP contribution >= 0.6 is 0 Å². The van der Waals surface area contributed by atoms with Gasteiger partial charge in [-0.25, -0.2) is 9.97 Å². The Morgan fingerprint density at radius 1 is 0.633 bits per heavy atom. The molecule has 0 bridgehead atoms. The maximum atomic E-state index is 6.58. The topological polar surface area (TPSA) is 47.5 Å². The highest BCUT2D eigenvalue weighted by Gasteiger charge is 2.54. The molecule has 3 aliphatic heterocycles. The van der Waals surface area contributed by atoms with Crippen molar-refractivity contribution < 1.29 is 9.14 Å². The van der Waals surface area contributed by atoms with E-state index in [4.69, 9.17) is 9.14 Å². The van der Waals surface area contributed by atoms with E-state index >= 15 is 0 Å². The van der Waals surface area contributed by atoms with E-state index < -0.39 is 7.12 Å². The van der Waals surface area contributed by atoms with Crippen LogP contribution in [0.3, 0.4) is 0 Å². The van der Waals surface area contributed by atoms with E-state index in [1.54, 1.807) is 6.33 Å². The monoisotopic (exact) mass is 385 g/mol. The largest absolute Gasteiger partial charge is 0.466 e. The third-order valence-corrected chi connectivity index (χ3v) is 6.13. The van der Waals surface area contributed by atoms with E-state index in [-0.39, 0.29) is 14.1 Å². The van der Waals surface area contributed by atoms with Crippen LogP contribution < -0.4 is 21.1 Å². The second-order valence-corrected chi connectivity index (χ2v) is 7.72. The fourth-order valence-corrected chi connectivity index (χ4v) is 4.84. The third kappa shape index (κ3) is 2.12. The van der Waals surface area contributed by atoms with Crippen LogP contribution in [0.5, 0.6) is 0 Å². The number of hydrogen-bond acceptors (Lipinski definition) is 5. The smallest absolute Gasteiger partial charge is 0.450 e. The number of fused-ring (bicyclic) bond motifs is 6. The number of nitrogens with zero attached hydrogens (tertiary/aromatic N) is 3. The van der Waals surface area contributed by atoms with Gasteiger partial charge in [0.25, 0.3) is 0 Å². The molecule has 8 heteroatoms. The highest BCUT2D eigenvalue weighted by atomic mass is 16.6. The zero-order chi connectivity index (χ0) is 19.7. The van der Waals surface area contributed by atoms with Crippen molar-refractivity contribution in [2.45, 2.75) is 0 Å². The van der Waals surface area contributed by atoms with Crippen LogP contribution in [0.2, 0.25) is 0 Å². The molecule has 1 aromatic heterocycles. The van der Waals surface area contributed by atoms with Crippen molar-refractivity contribution in [3.63, 3.8) is 0 Å². The molecule has 138 valence electrons. The zero-order valence-electron chi connectivity index (χ0n) is 16.0. The SMILES string of the molecule is c1ccc(B2OB3c4ccccc4-c4ncnc5c4N3B(O2)c2ccccc2-5)cc1. The van der Waals surface area contributed by atoms with Crippen molar-refractivity contribution in [1.82, 2.24) is 9.97 Å². The maximum absolute atomic E-state index is 6.58. The third-order valence-electron chi connectivity index (χ3n) is 6.13. The average molecular weight is 385 g/mol. The molecule has 0 unspecified atom stereocenters. The molecule has 4 aromatic rings. The normalized spacial score (nSPS) is 15.5. The molecule has 1 saturated heterocycles. The predicted molar refractivity (Wildman–Crippen MR) is 120 cm³/mol. The highest BCUT2D eigenvalue weighted by Crippen LogP contribution is 2.43. The van der Waals surface area contributed by atoms with Crippen LogP contribution in [0.25, 0.3) is 22.5 Å². The van der Waals surface area contributed by atoms with Gasteiger partial charge in [-0.1, -0.05) is 78.9 Å². The molecule has 0 radical (unpaired) electrons. The summed E-state index contributed by atoms with van der Waals surface area (Å²) in [5.74, 6) is 0. The molecule has 0 aliphatic carbocycles. The van der Waals surface area contributed by atoms with Gasteiger partial charge in [0.05, 0.1) is 17.1 Å². The van der Waals surface area contributed by atoms with Crippen molar-refractivity contribution in [3.8, 4) is 22.5 Å². The van der Waals surface area contributed by atoms with E-state index in [0.29, 0.717) is 0 Å². The van der Waals surface area contributed by atoms with Gasteiger partial charge in [0, 0.05) is 11.1 Å². The van der Waals surface area contributed by atoms with Crippen LogP contribution in [0.1, 0.15) is 0 Å². The van der Waals surface area contributed by atoms with Gasteiger partial charge >= 0.3 is 21.2 Å². The van der Waals surface area contributed by atoms with Gasteiger partial charge in [-0.15, -0.1) is 0 Å². The Morgan fingerprint density at radius 2 is 1.17 bits per heavy atom. The molecule has 0 atom stereocenters. The Balaban J connectivity index is 1.52. The Hall–Kier alpha value is -3.35. The second kappa shape index (κ2) is 6.08. The molecule has 0 spiro atoms. The maximum Gasteiger partial charge on any atom is 0.466 e. The number of rotatable bonds is 1. The summed E-state index contributed by atoms with van der Waals surface area (Å²) < 4.78 is 15.4. The molecule has 0 N–H and O–H groups in total. The van der Waals surface area contributed by atoms with Crippen molar-refractivity contribution >= 4 is 43.3 Å². The Bertz CT molecular complexity index is 1230. The summed E-state index contributed by atoms with van der Waals surface area (Å²) in [5.41, 5.74) is 8.22. The average Bonchev–Trinajstić information content (AvgIpc) is 2.84. The summed E-state index contributed by atoms with van der Waals surface area (Å²) in [6, 6.07) is 26.8. The minimum absolute atomic E-state index is 0.282.